The molecule has 1 fully saturated rings. The maximum absolute atomic E-state index is 13.2. The van der Waals surface area contributed by atoms with Crippen LogP contribution >= 0.6 is 11.6 Å². The Morgan fingerprint density at radius 2 is 1.93 bits per heavy atom. The van der Waals surface area contributed by atoms with Crippen LogP contribution in [0.1, 0.15) is 32.0 Å². The monoisotopic (exact) mass is 380 g/mol. The zero-order valence-corrected chi connectivity index (χ0v) is 14.8. The third-order valence-electron chi connectivity index (χ3n) is 5.14. The first-order chi connectivity index (χ1) is 13.1. The van der Waals surface area contributed by atoms with Gasteiger partial charge < -0.3 is 14.3 Å². The summed E-state index contributed by atoms with van der Waals surface area (Å²) in [5, 5.41) is 4.21. The van der Waals surface area contributed by atoms with Crippen LogP contribution < -0.4 is 0 Å². The highest BCUT2D eigenvalue weighted by molar-refractivity contribution is 6.30. The van der Waals surface area contributed by atoms with Crippen LogP contribution in [0, 0.1) is 0 Å². The minimum absolute atomic E-state index is 0.120. The van der Waals surface area contributed by atoms with E-state index in [2.05, 4.69) is 10.1 Å². The summed E-state index contributed by atoms with van der Waals surface area (Å²) in [4.78, 5) is 33.9. The Hall–Kier alpha value is -3.19. The van der Waals surface area contributed by atoms with E-state index in [-0.39, 0.29) is 17.6 Å². The van der Waals surface area contributed by atoms with Crippen molar-refractivity contribution in [2.75, 3.05) is 13.1 Å². The molecule has 7 nitrogen and oxygen atoms in total. The number of nitrogens with zero attached hydrogens (tertiary/aromatic N) is 4. The maximum atomic E-state index is 13.2. The van der Waals surface area contributed by atoms with Gasteiger partial charge in [0.05, 0.1) is 11.8 Å². The molecule has 27 heavy (non-hydrogen) atoms. The number of amides is 2. The molecule has 0 spiro atoms. The highest BCUT2D eigenvalue weighted by Gasteiger charge is 2.60. The number of pyridine rings is 1. The average molecular weight is 381 g/mol. The fourth-order valence-corrected chi connectivity index (χ4v) is 4.20. The topological polar surface area (TPSA) is 79.5 Å². The molecule has 0 saturated carbocycles. The molecule has 1 aromatic carbocycles. The van der Waals surface area contributed by atoms with E-state index in [1.165, 1.54) is 12.3 Å². The lowest BCUT2D eigenvalue weighted by Gasteiger charge is -2.39. The molecular weight excluding hydrogens is 368 g/mol. The van der Waals surface area contributed by atoms with Crippen LogP contribution in [0.25, 0.3) is 0 Å². The molecule has 5 rings (SSSR count). The summed E-state index contributed by atoms with van der Waals surface area (Å²) in [6.45, 7) is 0.762. The third kappa shape index (κ3) is 2.03. The number of fused-ring (bicyclic) bond motifs is 3. The van der Waals surface area contributed by atoms with E-state index in [9.17, 15) is 9.59 Å². The second-order valence-electron chi connectivity index (χ2n) is 6.39. The largest absolute Gasteiger partial charge is 0.351 e. The van der Waals surface area contributed by atoms with Crippen molar-refractivity contribution < 1.29 is 14.1 Å². The number of benzene rings is 1. The van der Waals surface area contributed by atoms with Gasteiger partial charge in [-0.2, -0.15) is 0 Å². The first-order valence-corrected chi connectivity index (χ1v) is 8.77. The van der Waals surface area contributed by atoms with Crippen molar-refractivity contribution in [3.8, 4) is 0 Å². The van der Waals surface area contributed by atoms with Crippen molar-refractivity contribution in [2.45, 2.75) is 5.66 Å². The summed E-state index contributed by atoms with van der Waals surface area (Å²) in [5.41, 5.74) is 0.880. The standard InChI is InChI=1S/C19H13ClN4O3/c20-13-3-1-12(2-4-13)19-15-11-21-7-5-14(15)17(25)23(19)9-10-24(19)18(26)16-6-8-22-27-16/h1-8,11H,9-10H2. The minimum Gasteiger partial charge on any atom is -0.351 e. The van der Waals surface area contributed by atoms with Crippen LogP contribution in [0.5, 0.6) is 0 Å². The van der Waals surface area contributed by atoms with Gasteiger partial charge in [-0.1, -0.05) is 28.9 Å². The molecule has 8 heteroatoms. The highest BCUT2D eigenvalue weighted by Crippen LogP contribution is 2.49. The molecule has 134 valence electrons. The molecule has 0 N–H and O–H groups in total. The van der Waals surface area contributed by atoms with Gasteiger partial charge in [0.25, 0.3) is 11.8 Å². The van der Waals surface area contributed by atoms with Gasteiger partial charge in [0.15, 0.2) is 5.66 Å². The Kier molecular flexibility index (Phi) is 3.35. The highest BCUT2D eigenvalue weighted by atomic mass is 35.5. The first-order valence-electron chi connectivity index (χ1n) is 8.39. The number of rotatable bonds is 2. The Balaban J connectivity index is 1.78. The Bertz CT molecular complexity index is 1050. The molecular formula is C19H13ClN4O3. The summed E-state index contributed by atoms with van der Waals surface area (Å²) in [6, 6.07) is 10.4. The van der Waals surface area contributed by atoms with E-state index in [0.717, 1.165) is 5.56 Å². The Labute approximate surface area is 159 Å². The lowest BCUT2D eigenvalue weighted by Crippen LogP contribution is -2.51. The summed E-state index contributed by atoms with van der Waals surface area (Å²) >= 11 is 6.07. The SMILES string of the molecule is O=C(c1ccno1)N1CCN2C(=O)c3ccncc3C12c1ccc(Cl)cc1. The van der Waals surface area contributed by atoms with Gasteiger partial charge >= 0.3 is 0 Å². The van der Waals surface area contributed by atoms with Gasteiger partial charge in [-0.3, -0.25) is 14.6 Å². The summed E-state index contributed by atoms with van der Waals surface area (Å²) < 4.78 is 5.09. The number of halogens is 1. The molecule has 0 radical (unpaired) electrons. The van der Waals surface area contributed by atoms with Crippen LogP contribution in [0.4, 0.5) is 0 Å². The molecule has 1 unspecified atom stereocenters. The van der Waals surface area contributed by atoms with Crippen molar-refractivity contribution in [3.63, 3.8) is 0 Å². The van der Waals surface area contributed by atoms with Crippen molar-refractivity contribution in [1.82, 2.24) is 19.9 Å². The van der Waals surface area contributed by atoms with Crippen molar-refractivity contribution in [2.24, 2.45) is 0 Å². The number of carbonyl (C=O) groups is 2. The van der Waals surface area contributed by atoms with Gasteiger partial charge in [-0.05, 0) is 18.2 Å². The summed E-state index contributed by atoms with van der Waals surface area (Å²) in [6.07, 6.45) is 4.65. The van der Waals surface area contributed by atoms with Gasteiger partial charge in [-0.25, -0.2) is 0 Å². The zero-order chi connectivity index (χ0) is 18.6. The molecule has 1 atom stereocenters. The molecule has 3 aromatic rings. The Morgan fingerprint density at radius 1 is 1.11 bits per heavy atom. The number of aromatic nitrogens is 2. The third-order valence-corrected chi connectivity index (χ3v) is 5.39. The predicted molar refractivity (Wildman–Crippen MR) is 95.0 cm³/mol. The van der Waals surface area contributed by atoms with Gasteiger partial charge in [0.2, 0.25) is 5.76 Å². The molecule has 0 bridgehead atoms. The van der Waals surface area contributed by atoms with E-state index in [1.807, 2.05) is 12.1 Å². The molecule has 1 saturated heterocycles. The van der Waals surface area contributed by atoms with E-state index in [1.54, 1.807) is 40.4 Å². The molecule has 2 aliphatic rings. The molecule has 4 heterocycles. The van der Waals surface area contributed by atoms with Crippen LogP contribution in [-0.4, -0.2) is 44.8 Å². The number of hydrogen-bond donors (Lipinski definition) is 0. The molecule has 0 aliphatic carbocycles. The molecule has 2 aliphatic heterocycles. The van der Waals surface area contributed by atoms with Crippen molar-refractivity contribution >= 4 is 23.4 Å². The smallest absolute Gasteiger partial charge is 0.294 e. The van der Waals surface area contributed by atoms with E-state index in [4.69, 9.17) is 16.1 Å². The first kappa shape index (κ1) is 16.0. The second kappa shape index (κ2) is 5.65. The minimum atomic E-state index is -1.09. The van der Waals surface area contributed by atoms with Crippen molar-refractivity contribution in [3.05, 3.63) is 82.5 Å². The van der Waals surface area contributed by atoms with Gasteiger partial charge in [0, 0.05) is 47.7 Å². The predicted octanol–water partition coefficient (Wildman–Crippen LogP) is 2.54. The van der Waals surface area contributed by atoms with Crippen LogP contribution in [-0.2, 0) is 5.66 Å². The fraction of sp³-hybridized carbons (Fsp3) is 0.158. The quantitative estimate of drug-likeness (QED) is 0.682. The zero-order valence-electron chi connectivity index (χ0n) is 14.0. The van der Waals surface area contributed by atoms with Crippen LogP contribution in [0.3, 0.4) is 0 Å². The van der Waals surface area contributed by atoms with Gasteiger partial charge in [0.1, 0.15) is 0 Å². The number of carbonyl (C=O) groups excluding carboxylic acids is 2. The summed E-state index contributed by atoms with van der Waals surface area (Å²) in [5.74, 6) is -0.348. The van der Waals surface area contributed by atoms with Crippen LogP contribution in [0.2, 0.25) is 5.02 Å². The lowest BCUT2D eigenvalue weighted by atomic mass is 9.91. The Morgan fingerprint density at radius 3 is 2.67 bits per heavy atom. The van der Waals surface area contributed by atoms with Gasteiger partial charge in [-0.15, -0.1) is 0 Å². The molecule has 2 aromatic heterocycles. The fourth-order valence-electron chi connectivity index (χ4n) is 4.07. The second-order valence-corrected chi connectivity index (χ2v) is 6.83. The van der Waals surface area contributed by atoms with Crippen molar-refractivity contribution in [1.29, 1.82) is 0 Å². The lowest BCUT2D eigenvalue weighted by molar-refractivity contribution is 0.0349. The molecule has 2 amide bonds. The normalized spacial score (nSPS) is 20.7. The number of hydrogen-bond acceptors (Lipinski definition) is 5. The van der Waals surface area contributed by atoms with E-state index < -0.39 is 5.66 Å². The van der Waals surface area contributed by atoms with E-state index >= 15 is 0 Å². The maximum Gasteiger partial charge on any atom is 0.294 e. The summed E-state index contributed by atoms with van der Waals surface area (Å²) in [7, 11) is 0. The van der Waals surface area contributed by atoms with E-state index in [0.29, 0.717) is 29.2 Å². The average Bonchev–Trinajstić information content (AvgIpc) is 3.40. The van der Waals surface area contributed by atoms with Crippen LogP contribution in [0.15, 0.2) is 59.5 Å².